The Labute approximate surface area is 192 Å². The molecule has 7 heteroatoms. The number of nitrogens with zero attached hydrogens (tertiary/aromatic N) is 6. The second-order valence-electron chi connectivity index (χ2n) is 6.51. The molecular formula is C23H18N6Pt. The van der Waals surface area contributed by atoms with Crippen LogP contribution in [-0.2, 0) is 21.1 Å². The summed E-state index contributed by atoms with van der Waals surface area (Å²) >= 11 is 0. The summed E-state index contributed by atoms with van der Waals surface area (Å²) in [5.41, 5.74) is 2.38. The summed E-state index contributed by atoms with van der Waals surface area (Å²) in [6.07, 6.45) is 4.41. The SMILES string of the molecule is [C-]#[N+]C1=CN(c2[c-]cccc2)[CH-]N1CCCN1[CH-]N(c2[c-]cccc2)C=C1C#N.[Pt+4]. The molecule has 0 unspecified atom stereocenters. The summed E-state index contributed by atoms with van der Waals surface area (Å²) in [5, 5.41) is 9.46. The Morgan fingerprint density at radius 2 is 1.53 bits per heavy atom. The molecule has 2 aromatic rings. The Morgan fingerprint density at radius 3 is 2.10 bits per heavy atom. The largest absolute Gasteiger partial charge is 4.00 e. The van der Waals surface area contributed by atoms with Gasteiger partial charge in [-0.3, -0.25) is 0 Å². The van der Waals surface area contributed by atoms with E-state index in [0.29, 0.717) is 24.6 Å². The molecule has 0 aromatic heterocycles. The third kappa shape index (κ3) is 4.67. The van der Waals surface area contributed by atoms with Crippen molar-refractivity contribution in [2.75, 3.05) is 22.9 Å². The number of rotatable bonds is 6. The fraction of sp³-hybridized carbons (Fsp3) is 0.130. The number of nitriles is 1. The molecule has 2 aliphatic rings. The first-order valence-electron chi connectivity index (χ1n) is 9.23. The predicted octanol–water partition coefficient (Wildman–Crippen LogP) is 3.94. The topological polar surface area (TPSA) is 41.1 Å². The molecular weight excluding hydrogens is 555 g/mol. The zero-order chi connectivity index (χ0) is 20.1. The number of para-hydroxylation sites is 2. The van der Waals surface area contributed by atoms with Crippen LogP contribution in [0.3, 0.4) is 0 Å². The molecule has 30 heavy (non-hydrogen) atoms. The van der Waals surface area contributed by atoms with Crippen molar-refractivity contribution >= 4 is 11.4 Å². The molecule has 0 N–H and O–H groups in total. The van der Waals surface area contributed by atoms with E-state index in [4.69, 9.17) is 6.57 Å². The minimum atomic E-state index is 0. The van der Waals surface area contributed by atoms with Gasteiger partial charge in [-0.2, -0.15) is 72.6 Å². The van der Waals surface area contributed by atoms with Crippen LogP contribution < -0.4 is 9.80 Å². The molecule has 4 rings (SSSR count). The fourth-order valence-electron chi connectivity index (χ4n) is 3.19. The van der Waals surface area contributed by atoms with E-state index < -0.39 is 0 Å². The van der Waals surface area contributed by atoms with Crippen LogP contribution in [0.5, 0.6) is 0 Å². The molecule has 2 aromatic carbocycles. The van der Waals surface area contributed by atoms with Crippen molar-refractivity contribution in [1.29, 1.82) is 5.26 Å². The van der Waals surface area contributed by atoms with Crippen LogP contribution in [-0.4, -0.2) is 22.9 Å². The van der Waals surface area contributed by atoms with E-state index in [-0.39, 0.29) is 21.1 Å². The summed E-state index contributed by atoms with van der Waals surface area (Å²) in [6.45, 7) is 12.6. The number of hydrogen-bond donors (Lipinski definition) is 0. The van der Waals surface area contributed by atoms with Crippen LogP contribution in [0.15, 0.2) is 72.4 Å². The normalized spacial score (nSPS) is 15.3. The molecule has 2 heterocycles. The first-order valence-corrected chi connectivity index (χ1v) is 9.23. The number of allylic oxidation sites excluding steroid dienone is 1. The average molecular weight is 574 g/mol. The van der Waals surface area contributed by atoms with Crippen LogP contribution >= 0.6 is 0 Å². The summed E-state index contributed by atoms with van der Waals surface area (Å²) in [5.74, 6) is 0.573. The minimum Gasteiger partial charge on any atom is -0.499 e. The second-order valence-corrected chi connectivity index (χ2v) is 6.51. The molecule has 0 saturated carbocycles. The monoisotopic (exact) mass is 573 g/mol. The van der Waals surface area contributed by atoms with E-state index in [2.05, 4.69) is 23.0 Å². The molecule has 0 amide bonds. The first-order chi connectivity index (χ1) is 14.3. The molecule has 0 fully saturated rings. The Hall–Kier alpha value is -3.21. The van der Waals surface area contributed by atoms with Crippen molar-refractivity contribution in [3.63, 3.8) is 0 Å². The van der Waals surface area contributed by atoms with E-state index in [1.165, 1.54) is 0 Å². The Kier molecular flexibility index (Phi) is 7.17. The van der Waals surface area contributed by atoms with Crippen LogP contribution in [0.25, 0.3) is 4.85 Å². The molecule has 0 spiro atoms. The summed E-state index contributed by atoms with van der Waals surface area (Å²) in [4.78, 5) is 11.3. The van der Waals surface area contributed by atoms with Crippen LogP contribution in [0.1, 0.15) is 6.42 Å². The average Bonchev–Trinajstić information content (AvgIpc) is 3.39. The smallest absolute Gasteiger partial charge is 0.499 e. The molecule has 2 aliphatic heterocycles. The van der Waals surface area contributed by atoms with Crippen LogP contribution in [0, 0.1) is 43.4 Å². The first kappa shape index (κ1) is 21.5. The second kappa shape index (κ2) is 10.0. The third-order valence-electron chi connectivity index (χ3n) is 4.62. The molecule has 0 radical (unpaired) electrons. The van der Waals surface area contributed by atoms with Crippen molar-refractivity contribution in [1.82, 2.24) is 9.80 Å². The molecule has 0 saturated heterocycles. The van der Waals surface area contributed by atoms with Gasteiger partial charge in [0.05, 0.1) is 0 Å². The predicted molar refractivity (Wildman–Crippen MR) is 111 cm³/mol. The molecule has 0 aliphatic carbocycles. The van der Waals surface area contributed by atoms with E-state index in [9.17, 15) is 5.26 Å². The quantitative estimate of drug-likeness (QED) is 0.490. The zero-order valence-electron chi connectivity index (χ0n) is 16.0. The zero-order valence-corrected chi connectivity index (χ0v) is 18.3. The number of benzene rings is 2. The maximum atomic E-state index is 9.46. The van der Waals surface area contributed by atoms with E-state index in [1.54, 1.807) is 0 Å². The molecule has 0 atom stereocenters. The molecule has 6 nitrogen and oxygen atoms in total. The maximum absolute atomic E-state index is 9.46. The number of hydrogen-bond acceptors (Lipinski definition) is 5. The van der Waals surface area contributed by atoms with Gasteiger partial charge < -0.3 is 24.4 Å². The van der Waals surface area contributed by atoms with Crippen molar-refractivity contribution < 1.29 is 21.1 Å². The van der Waals surface area contributed by atoms with Gasteiger partial charge in [-0.25, -0.2) is 0 Å². The Morgan fingerprint density at radius 1 is 0.933 bits per heavy atom. The minimum absolute atomic E-state index is 0. The van der Waals surface area contributed by atoms with Crippen LogP contribution in [0.4, 0.5) is 11.4 Å². The Balaban J connectivity index is 0.00000256. The van der Waals surface area contributed by atoms with Gasteiger partial charge in [-0.15, -0.1) is 11.4 Å². The third-order valence-corrected chi connectivity index (χ3v) is 4.62. The number of anilines is 2. The Bertz CT molecular complexity index is 908. The van der Waals surface area contributed by atoms with Gasteiger partial charge in [0.1, 0.15) is 11.8 Å². The summed E-state index contributed by atoms with van der Waals surface area (Å²) in [6, 6.07) is 23.9. The standard InChI is InChI=1S/C23H18N6.Pt/c1-25-23-17-29(21-11-6-3-7-12-21)19-27(23)14-8-13-26-18-28(16-22(26)15-24)20-9-4-2-5-10-20;/h2-7,9,11,16-19H,8,13-14H2;/q-4;+4. The van der Waals surface area contributed by atoms with Gasteiger partial charge in [0.15, 0.2) is 0 Å². The van der Waals surface area contributed by atoms with Crippen molar-refractivity contribution in [2.24, 2.45) is 0 Å². The van der Waals surface area contributed by atoms with E-state index in [0.717, 1.165) is 17.8 Å². The maximum Gasteiger partial charge on any atom is 4.00 e. The van der Waals surface area contributed by atoms with Crippen molar-refractivity contribution in [3.8, 4) is 6.07 Å². The summed E-state index contributed by atoms with van der Waals surface area (Å²) in [7, 11) is 0. The molecule has 0 bridgehead atoms. The van der Waals surface area contributed by atoms with E-state index in [1.807, 2.05) is 93.9 Å². The van der Waals surface area contributed by atoms with Gasteiger partial charge in [-0.1, -0.05) is 13.2 Å². The van der Waals surface area contributed by atoms with Crippen molar-refractivity contribution in [3.05, 3.63) is 109 Å². The van der Waals surface area contributed by atoms with Crippen molar-refractivity contribution in [2.45, 2.75) is 6.42 Å². The van der Waals surface area contributed by atoms with E-state index >= 15 is 0 Å². The van der Waals surface area contributed by atoms with Gasteiger partial charge >= 0.3 is 21.1 Å². The fourth-order valence-corrected chi connectivity index (χ4v) is 3.19. The summed E-state index contributed by atoms with van der Waals surface area (Å²) < 4.78 is 0. The molecule has 150 valence electrons. The van der Waals surface area contributed by atoms with Crippen LogP contribution in [0.2, 0.25) is 0 Å². The van der Waals surface area contributed by atoms with Gasteiger partial charge in [0.25, 0.3) is 0 Å². The van der Waals surface area contributed by atoms with Gasteiger partial charge in [0, 0.05) is 12.7 Å². The van der Waals surface area contributed by atoms with Gasteiger partial charge in [0.2, 0.25) is 5.82 Å². The van der Waals surface area contributed by atoms with Gasteiger partial charge in [-0.05, 0) is 19.2 Å².